The second-order valence-corrected chi connectivity index (χ2v) is 5.50. The van der Waals surface area contributed by atoms with E-state index in [2.05, 4.69) is 4.74 Å². The standard InChI is InChI=1S/C17H14F2O3/c1-22-15(20)8-12-9-17(18,19)16(21)14-7-11-5-3-2-4-10(11)6-13(12)14/h2-7,12H,8-9H2,1H3. The first-order valence-corrected chi connectivity index (χ1v) is 6.94. The van der Waals surface area contributed by atoms with Gasteiger partial charge in [-0.25, -0.2) is 0 Å². The molecule has 1 aliphatic carbocycles. The lowest BCUT2D eigenvalue weighted by Crippen LogP contribution is -2.37. The number of fused-ring (bicyclic) bond motifs is 2. The molecule has 0 heterocycles. The molecule has 2 aromatic carbocycles. The van der Waals surface area contributed by atoms with Crippen LogP contribution >= 0.6 is 0 Å². The van der Waals surface area contributed by atoms with Crippen molar-refractivity contribution in [1.29, 1.82) is 0 Å². The highest BCUT2D eigenvalue weighted by molar-refractivity contribution is 6.07. The molecule has 0 fully saturated rings. The number of halogens is 2. The number of ether oxygens (including phenoxy) is 1. The van der Waals surface area contributed by atoms with E-state index in [-0.39, 0.29) is 12.0 Å². The van der Waals surface area contributed by atoms with Gasteiger partial charge in [-0.2, -0.15) is 8.78 Å². The lowest BCUT2D eigenvalue weighted by molar-refractivity contribution is -0.141. The van der Waals surface area contributed by atoms with E-state index in [0.29, 0.717) is 5.56 Å². The summed E-state index contributed by atoms with van der Waals surface area (Å²) in [5, 5.41) is 1.58. The predicted molar refractivity (Wildman–Crippen MR) is 77.2 cm³/mol. The van der Waals surface area contributed by atoms with Crippen molar-refractivity contribution in [3.8, 4) is 0 Å². The van der Waals surface area contributed by atoms with Crippen LogP contribution in [0.1, 0.15) is 34.7 Å². The molecule has 22 heavy (non-hydrogen) atoms. The van der Waals surface area contributed by atoms with E-state index in [4.69, 9.17) is 0 Å². The number of ketones is 1. The second-order valence-electron chi connectivity index (χ2n) is 5.50. The first-order chi connectivity index (χ1) is 10.4. The van der Waals surface area contributed by atoms with E-state index in [0.717, 1.165) is 10.8 Å². The Labute approximate surface area is 125 Å². The van der Waals surface area contributed by atoms with E-state index >= 15 is 0 Å². The lowest BCUT2D eigenvalue weighted by Gasteiger charge is -2.30. The molecule has 5 heteroatoms. The van der Waals surface area contributed by atoms with Crippen LogP contribution < -0.4 is 0 Å². The van der Waals surface area contributed by atoms with Crippen molar-refractivity contribution < 1.29 is 23.1 Å². The zero-order chi connectivity index (χ0) is 15.9. The normalized spacial score (nSPS) is 19.8. The molecular weight excluding hydrogens is 290 g/mol. The van der Waals surface area contributed by atoms with E-state index in [9.17, 15) is 18.4 Å². The molecule has 0 saturated heterocycles. The minimum Gasteiger partial charge on any atom is -0.469 e. The molecule has 1 atom stereocenters. The number of carbonyl (C=O) groups excluding carboxylic acids is 2. The fourth-order valence-electron chi connectivity index (χ4n) is 2.97. The summed E-state index contributed by atoms with van der Waals surface area (Å²) in [5.41, 5.74) is 0.504. The summed E-state index contributed by atoms with van der Waals surface area (Å²) in [5.74, 6) is -5.91. The summed E-state index contributed by atoms with van der Waals surface area (Å²) in [6.45, 7) is 0. The van der Waals surface area contributed by atoms with Crippen LogP contribution in [-0.4, -0.2) is 24.8 Å². The highest BCUT2D eigenvalue weighted by Crippen LogP contribution is 2.43. The minimum atomic E-state index is -3.45. The number of hydrogen-bond donors (Lipinski definition) is 0. The van der Waals surface area contributed by atoms with Gasteiger partial charge in [-0.15, -0.1) is 0 Å². The Bertz CT molecular complexity index is 768. The van der Waals surface area contributed by atoms with Gasteiger partial charge in [0.2, 0.25) is 5.78 Å². The summed E-state index contributed by atoms with van der Waals surface area (Å²) >= 11 is 0. The van der Waals surface area contributed by atoms with Crippen LogP contribution in [0.2, 0.25) is 0 Å². The molecule has 1 unspecified atom stereocenters. The van der Waals surface area contributed by atoms with Gasteiger partial charge in [0.25, 0.3) is 0 Å². The van der Waals surface area contributed by atoms with Gasteiger partial charge in [0.1, 0.15) is 0 Å². The summed E-state index contributed by atoms with van der Waals surface area (Å²) in [7, 11) is 1.22. The van der Waals surface area contributed by atoms with E-state index in [1.165, 1.54) is 13.2 Å². The van der Waals surface area contributed by atoms with Gasteiger partial charge in [0, 0.05) is 17.9 Å². The van der Waals surface area contributed by atoms with E-state index < -0.39 is 30.0 Å². The number of benzene rings is 2. The molecule has 114 valence electrons. The van der Waals surface area contributed by atoms with Crippen molar-refractivity contribution >= 4 is 22.5 Å². The number of Topliss-reactive ketones (excluding diaryl/α,β-unsaturated/α-hetero) is 1. The Kier molecular flexibility index (Phi) is 3.43. The second kappa shape index (κ2) is 5.16. The maximum absolute atomic E-state index is 14.0. The Morgan fingerprint density at radius 1 is 1.27 bits per heavy atom. The highest BCUT2D eigenvalue weighted by atomic mass is 19.3. The summed E-state index contributed by atoms with van der Waals surface area (Å²) < 4.78 is 32.5. The molecule has 0 bridgehead atoms. The Balaban J connectivity index is 2.17. The predicted octanol–water partition coefficient (Wildman–Crippen LogP) is 3.71. The molecule has 2 aromatic rings. The van der Waals surface area contributed by atoms with Crippen LogP contribution in [0.3, 0.4) is 0 Å². The molecule has 0 spiro atoms. The van der Waals surface area contributed by atoms with Crippen LogP contribution in [-0.2, 0) is 9.53 Å². The average molecular weight is 304 g/mol. The van der Waals surface area contributed by atoms with Crippen molar-refractivity contribution in [3.63, 3.8) is 0 Å². The van der Waals surface area contributed by atoms with Crippen LogP contribution in [0.4, 0.5) is 8.78 Å². The molecular formula is C17H14F2O3. The summed E-state index contributed by atoms with van der Waals surface area (Å²) in [4.78, 5) is 23.5. The van der Waals surface area contributed by atoms with E-state index in [1.807, 2.05) is 12.1 Å². The van der Waals surface area contributed by atoms with Crippen LogP contribution in [0.5, 0.6) is 0 Å². The van der Waals surface area contributed by atoms with Crippen molar-refractivity contribution in [2.75, 3.05) is 7.11 Å². The molecule has 1 aliphatic rings. The number of alkyl halides is 2. The quantitative estimate of drug-likeness (QED) is 0.794. The third-order valence-electron chi connectivity index (χ3n) is 4.08. The summed E-state index contributed by atoms with van der Waals surface area (Å²) in [6.07, 6.45) is -0.822. The fourth-order valence-corrected chi connectivity index (χ4v) is 2.97. The van der Waals surface area contributed by atoms with Crippen LogP contribution in [0, 0.1) is 0 Å². The lowest BCUT2D eigenvalue weighted by atomic mass is 9.77. The molecule has 0 aliphatic heterocycles. The van der Waals surface area contributed by atoms with Crippen LogP contribution in [0.15, 0.2) is 36.4 Å². The monoisotopic (exact) mass is 304 g/mol. The van der Waals surface area contributed by atoms with Crippen molar-refractivity contribution in [1.82, 2.24) is 0 Å². The Morgan fingerprint density at radius 3 is 2.55 bits per heavy atom. The number of hydrogen-bond acceptors (Lipinski definition) is 3. The largest absolute Gasteiger partial charge is 0.469 e. The highest BCUT2D eigenvalue weighted by Gasteiger charge is 2.47. The smallest absolute Gasteiger partial charge is 0.310 e. The topological polar surface area (TPSA) is 43.4 Å². The maximum Gasteiger partial charge on any atom is 0.310 e. The SMILES string of the molecule is COC(=O)CC1CC(F)(F)C(=O)c2cc3ccccc3cc21. The number of esters is 1. The minimum absolute atomic E-state index is 0.00357. The first kappa shape index (κ1) is 14.6. The van der Waals surface area contributed by atoms with Gasteiger partial charge >= 0.3 is 11.9 Å². The Hall–Kier alpha value is -2.30. The van der Waals surface area contributed by atoms with Gasteiger partial charge in [0.05, 0.1) is 13.5 Å². The third kappa shape index (κ3) is 2.36. The van der Waals surface area contributed by atoms with E-state index in [1.54, 1.807) is 18.2 Å². The average Bonchev–Trinajstić information content (AvgIpc) is 2.50. The van der Waals surface area contributed by atoms with Crippen molar-refractivity contribution in [2.45, 2.75) is 24.7 Å². The number of methoxy groups -OCH3 is 1. The molecule has 0 radical (unpaired) electrons. The van der Waals surface area contributed by atoms with Gasteiger partial charge in [0.15, 0.2) is 0 Å². The first-order valence-electron chi connectivity index (χ1n) is 6.94. The maximum atomic E-state index is 14.0. The van der Waals surface area contributed by atoms with Gasteiger partial charge in [-0.3, -0.25) is 9.59 Å². The molecule has 3 nitrogen and oxygen atoms in total. The molecule has 0 N–H and O–H groups in total. The zero-order valence-corrected chi connectivity index (χ0v) is 11.9. The summed E-state index contributed by atoms with van der Waals surface area (Å²) in [6, 6.07) is 10.5. The molecule has 0 amide bonds. The van der Waals surface area contributed by atoms with Crippen molar-refractivity contribution in [3.05, 3.63) is 47.5 Å². The van der Waals surface area contributed by atoms with Crippen LogP contribution in [0.25, 0.3) is 10.8 Å². The molecule has 3 rings (SSSR count). The fraction of sp³-hybridized carbons (Fsp3) is 0.294. The number of rotatable bonds is 2. The molecule has 0 saturated carbocycles. The molecule has 0 aromatic heterocycles. The Morgan fingerprint density at radius 2 is 1.91 bits per heavy atom. The number of carbonyl (C=O) groups is 2. The van der Waals surface area contributed by atoms with Gasteiger partial charge in [-0.1, -0.05) is 30.3 Å². The zero-order valence-electron chi connectivity index (χ0n) is 11.9. The van der Waals surface area contributed by atoms with Gasteiger partial charge in [-0.05, 0) is 22.4 Å². The third-order valence-corrected chi connectivity index (χ3v) is 4.08. The van der Waals surface area contributed by atoms with Crippen molar-refractivity contribution in [2.24, 2.45) is 0 Å². The van der Waals surface area contributed by atoms with Gasteiger partial charge < -0.3 is 4.74 Å².